The van der Waals surface area contributed by atoms with Gasteiger partial charge in [-0.1, -0.05) is 6.07 Å². The van der Waals surface area contributed by atoms with E-state index in [1.54, 1.807) is 0 Å². The Hall–Kier alpha value is -1.81. The fraction of sp³-hybridized carbons (Fsp3) is 0.412. The molecule has 0 aliphatic carbocycles. The minimum Gasteiger partial charge on any atom is -0.487 e. The van der Waals surface area contributed by atoms with Gasteiger partial charge in [-0.2, -0.15) is 0 Å². The summed E-state index contributed by atoms with van der Waals surface area (Å²) in [6.45, 7) is 4.86. The molecule has 0 saturated carbocycles. The summed E-state index contributed by atoms with van der Waals surface area (Å²) in [6.07, 6.45) is 2.89. The molecule has 1 unspecified atom stereocenters. The van der Waals surface area contributed by atoms with E-state index in [4.69, 9.17) is 4.74 Å². The molecule has 2 heterocycles. The van der Waals surface area contributed by atoms with Crippen LogP contribution in [0.5, 0.6) is 5.75 Å². The number of nitrogens with zero attached hydrogens (tertiary/aromatic N) is 1. The van der Waals surface area contributed by atoms with E-state index in [0.29, 0.717) is 5.75 Å². The maximum absolute atomic E-state index is 13.4. The zero-order valence-corrected chi connectivity index (χ0v) is 12.7. The van der Waals surface area contributed by atoms with Crippen LogP contribution >= 0.6 is 0 Å². The van der Waals surface area contributed by atoms with Gasteiger partial charge in [0.25, 0.3) is 0 Å². The van der Waals surface area contributed by atoms with Crippen molar-refractivity contribution in [3.63, 3.8) is 0 Å². The van der Waals surface area contributed by atoms with E-state index in [0.717, 1.165) is 18.5 Å². The summed E-state index contributed by atoms with van der Waals surface area (Å²) < 4.78 is 21.4. The molecule has 2 aromatic rings. The molecule has 1 atom stereocenters. The topological polar surface area (TPSA) is 26.2 Å². The van der Waals surface area contributed by atoms with Gasteiger partial charge in [-0.25, -0.2) is 4.39 Å². The van der Waals surface area contributed by atoms with Crippen LogP contribution in [0.3, 0.4) is 0 Å². The monoisotopic (exact) mass is 288 g/mol. The van der Waals surface area contributed by atoms with E-state index in [1.165, 1.54) is 17.8 Å². The van der Waals surface area contributed by atoms with Gasteiger partial charge in [0.1, 0.15) is 17.2 Å². The highest BCUT2D eigenvalue weighted by Crippen LogP contribution is 2.39. The molecule has 0 amide bonds. The number of hydrogen-bond donors (Lipinski definition) is 1. The summed E-state index contributed by atoms with van der Waals surface area (Å²) in [7, 11) is 2.04. The van der Waals surface area contributed by atoms with E-state index in [9.17, 15) is 4.39 Å². The molecule has 1 aliphatic rings. The van der Waals surface area contributed by atoms with Crippen LogP contribution < -0.4 is 10.1 Å². The van der Waals surface area contributed by atoms with Crippen molar-refractivity contribution in [2.45, 2.75) is 38.5 Å². The molecule has 0 bridgehead atoms. The molecule has 0 spiro atoms. The summed E-state index contributed by atoms with van der Waals surface area (Å²) in [5.41, 5.74) is 1.96. The molecule has 4 heteroatoms. The average Bonchev–Trinajstić information content (AvgIpc) is 2.79. The van der Waals surface area contributed by atoms with Crippen LogP contribution in [-0.2, 0) is 13.6 Å². The summed E-state index contributed by atoms with van der Waals surface area (Å²) in [6, 6.07) is 9.10. The second-order valence-electron chi connectivity index (χ2n) is 6.29. The summed E-state index contributed by atoms with van der Waals surface area (Å²) in [4.78, 5) is 0. The minimum atomic E-state index is -0.299. The molecular formula is C17H21FN2O. The van der Waals surface area contributed by atoms with Gasteiger partial charge in [-0.05, 0) is 32.0 Å². The zero-order chi connectivity index (χ0) is 15.0. The van der Waals surface area contributed by atoms with Crippen molar-refractivity contribution in [3.05, 3.63) is 53.6 Å². The van der Waals surface area contributed by atoms with Gasteiger partial charge < -0.3 is 14.6 Å². The SMILES string of the molecule is Cn1cccc1CNC1CC(C)(C)Oc2cc(F)ccc21. The van der Waals surface area contributed by atoms with Gasteiger partial charge in [0.05, 0.1) is 0 Å². The van der Waals surface area contributed by atoms with Crippen LogP contribution in [0.1, 0.15) is 37.6 Å². The maximum atomic E-state index is 13.4. The Morgan fingerprint density at radius 3 is 2.90 bits per heavy atom. The van der Waals surface area contributed by atoms with Crippen molar-refractivity contribution in [2.75, 3.05) is 0 Å². The van der Waals surface area contributed by atoms with Gasteiger partial charge in [0, 0.05) is 49.6 Å². The van der Waals surface area contributed by atoms with Gasteiger partial charge in [0.15, 0.2) is 0 Å². The molecule has 1 aromatic carbocycles. The zero-order valence-electron chi connectivity index (χ0n) is 12.7. The van der Waals surface area contributed by atoms with Crippen molar-refractivity contribution in [1.82, 2.24) is 9.88 Å². The van der Waals surface area contributed by atoms with E-state index in [2.05, 4.69) is 16.0 Å². The van der Waals surface area contributed by atoms with E-state index >= 15 is 0 Å². The predicted octanol–water partition coefficient (Wildman–Crippen LogP) is 3.56. The third-order valence-corrected chi connectivity index (χ3v) is 4.01. The highest BCUT2D eigenvalue weighted by Gasteiger charge is 2.33. The first-order valence-electron chi connectivity index (χ1n) is 7.27. The molecule has 1 aromatic heterocycles. The number of ether oxygens (including phenoxy) is 1. The number of benzene rings is 1. The molecule has 0 saturated heterocycles. The van der Waals surface area contributed by atoms with Crippen LogP contribution in [0.25, 0.3) is 0 Å². The lowest BCUT2D eigenvalue weighted by Gasteiger charge is -2.38. The standard InChI is InChI=1S/C17H21FN2O/c1-17(2)10-15(19-11-13-5-4-8-20(13)3)14-7-6-12(18)9-16(14)21-17/h4-9,15,19H,10-11H2,1-3H3. The van der Waals surface area contributed by atoms with Crippen LogP contribution in [0.4, 0.5) is 4.39 Å². The summed E-state index contributed by atoms with van der Waals surface area (Å²) in [5, 5.41) is 3.57. The van der Waals surface area contributed by atoms with Crippen molar-refractivity contribution < 1.29 is 9.13 Å². The highest BCUT2D eigenvalue weighted by atomic mass is 19.1. The Kier molecular flexibility index (Phi) is 3.49. The van der Waals surface area contributed by atoms with Crippen molar-refractivity contribution >= 4 is 0 Å². The van der Waals surface area contributed by atoms with Crippen LogP contribution in [0.15, 0.2) is 36.5 Å². The third-order valence-electron chi connectivity index (χ3n) is 4.01. The van der Waals surface area contributed by atoms with E-state index in [-0.39, 0.29) is 17.5 Å². The Morgan fingerprint density at radius 1 is 1.38 bits per heavy atom. The molecule has 112 valence electrons. The molecule has 0 fully saturated rings. The molecule has 1 aliphatic heterocycles. The van der Waals surface area contributed by atoms with Gasteiger partial charge >= 0.3 is 0 Å². The first kappa shape index (κ1) is 14.1. The lowest BCUT2D eigenvalue weighted by Crippen LogP contribution is -2.39. The number of hydrogen-bond acceptors (Lipinski definition) is 2. The first-order chi connectivity index (χ1) is 9.94. The lowest BCUT2D eigenvalue weighted by molar-refractivity contribution is 0.0651. The lowest BCUT2D eigenvalue weighted by atomic mass is 9.89. The second-order valence-corrected chi connectivity index (χ2v) is 6.29. The Balaban J connectivity index is 1.83. The largest absolute Gasteiger partial charge is 0.487 e. The second kappa shape index (κ2) is 5.19. The third kappa shape index (κ3) is 2.95. The smallest absolute Gasteiger partial charge is 0.127 e. The Bertz CT molecular complexity index is 648. The van der Waals surface area contributed by atoms with E-state index in [1.807, 2.05) is 39.2 Å². The Morgan fingerprint density at radius 2 is 2.19 bits per heavy atom. The van der Waals surface area contributed by atoms with Crippen molar-refractivity contribution in [1.29, 1.82) is 0 Å². The fourth-order valence-corrected chi connectivity index (χ4v) is 2.92. The average molecular weight is 288 g/mol. The molecule has 21 heavy (non-hydrogen) atoms. The van der Waals surface area contributed by atoms with Gasteiger partial charge in [0.2, 0.25) is 0 Å². The number of halogens is 1. The number of aromatic nitrogens is 1. The summed E-state index contributed by atoms with van der Waals surface area (Å²) >= 11 is 0. The first-order valence-corrected chi connectivity index (χ1v) is 7.27. The highest BCUT2D eigenvalue weighted by molar-refractivity contribution is 5.39. The van der Waals surface area contributed by atoms with Gasteiger partial charge in [-0.15, -0.1) is 0 Å². The van der Waals surface area contributed by atoms with Crippen LogP contribution in [0, 0.1) is 5.82 Å². The normalized spacial score (nSPS) is 19.9. The number of rotatable bonds is 3. The molecule has 3 nitrogen and oxygen atoms in total. The molecule has 0 radical (unpaired) electrons. The molecule has 1 N–H and O–H groups in total. The maximum Gasteiger partial charge on any atom is 0.127 e. The number of fused-ring (bicyclic) bond motifs is 1. The summed E-state index contributed by atoms with van der Waals surface area (Å²) in [5.74, 6) is 0.392. The van der Waals surface area contributed by atoms with E-state index < -0.39 is 0 Å². The Labute approximate surface area is 124 Å². The van der Waals surface area contributed by atoms with Crippen LogP contribution in [0.2, 0.25) is 0 Å². The van der Waals surface area contributed by atoms with Crippen molar-refractivity contribution in [2.24, 2.45) is 7.05 Å². The fourth-order valence-electron chi connectivity index (χ4n) is 2.92. The number of aryl methyl sites for hydroxylation is 1. The predicted molar refractivity (Wildman–Crippen MR) is 80.7 cm³/mol. The quantitative estimate of drug-likeness (QED) is 0.934. The minimum absolute atomic E-state index is 0.166. The number of nitrogens with one attached hydrogen (secondary N) is 1. The van der Waals surface area contributed by atoms with Gasteiger partial charge in [-0.3, -0.25) is 0 Å². The van der Waals surface area contributed by atoms with Crippen molar-refractivity contribution in [3.8, 4) is 5.75 Å². The molecular weight excluding hydrogens is 267 g/mol. The molecule has 3 rings (SSSR count). The van der Waals surface area contributed by atoms with Crippen LogP contribution in [-0.4, -0.2) is 10.2 Å².